The molecule has 0 bridgehead atoms. The summed E-state index contributed by atoms with van der Waals surface area (Å²) in [6.45, 7) is 1.47. The predicted octanol–water partition coefficient (Wildman–Crippen LogP) is 3.95. The molecule has 0 saturated heterocycles. The van der Waals surface area contributed by atoms with Gasteiger partial charge in [0.2, 0.25) is 0 Å². The van der Waals surface area contributed by atoms with Crippen LogP contribution in [-0.2, 0) is 0 Å². The largest absolute Gasteiger partial charge is 0.490 e. The van der Waals surface area contributed by atoms with Gasteiger partial charge in [-0.05, 0) is 51.2 Å². The van der Waals surface area contributed by atoms with Crippen LogP contribution in [0.2, 0.25) is 0 Å². The van der Waals surface area contributed by atoms with Crippen molar-refractivity contribution in [2.75, 3.05) is 27.2 Å². The maximum atomic E-state index is 12.4. The average Bonchev–Trinajstić information content (AvgIpc) is 2.55. The maximum absolute atomic E-state index is 12.4. The zero-order valence-electron chi connectivity index (χ0n) is 13.8. The monoisotopic (exact) mass is 301 g/mol. The van der Waals surface area contributed by atoms with Gasteiger partial charge < -0.3 is 9.64 Å². The lowest BCUT2D eigenvalue weighted by Crippen LogP contribution is -2.17. The summed E-state index contributed by atoms with van der Waals surface area (Å²) in [5, 5.41) is 0. The van der Waals surface area contributed by atoms with Gasteiger partial charge in [0.25, 0.3) is 0 Å². The molecular weight excluding hydrogens is 274 g/mol. The molecule has 0 amide bonds. The molecule has 1 saturated carbocycles. The van der Waals surface area contributed by atoms with E-state index in [1.807, 2.05) is 44.4 Å². The third-order valence-electron chi connectivity index (χ3n) is 4.10. The standard InChI is InChI=1S/C19H27NO2/c1-20(2)14-6-7-15-22-18-12-10-17(11-13-18)19(21)16-8-4-3-5-9-16/h6-7,10-13,16H,3-5,8-9,14-15H2,1-2H3/b7-6+. The number of Topliss-reactive ketones (excluding diaryl/α,β-unsaturated/α-hetero) is 1. The number of ketones is 1. The van der Waals surface area contributed by atoms with Crippen molar-refractivity contribution >= 4 is 5.78 Å². The first kappa shape index (κ1) is 16.8. The fourth-order valence-corrected chi connectivity index (χ4v) is 2.81. The van der Waals surface area contributed by atoms with Crippen LogP contribution in [0.3, 0.4) is 0 Å². The summed E-state index contributed by atoms with van der Waals surface area (Å²) in [5.74, 6) is 1.35. The molecule has 0 radical (unpaired) electrons. The normalized spacial score (nSPS) is 16.3. The van der Waals surface area contributed by atoms with E-state index in [1.54, 1.807) is 0 Å². The van der Waals surface area contributed by atoms with Crippen LogP contribution in [0.25, 0.3) is 0 Å². The summed E-state index contributed by atoms with van der Waals surface area (Å²) in [6.07, 6.45) is 9.86. The quantitative estimate of drug-likeness (QED) is 0.564. The van der Waals surface area contributed by atoms with Crippen LogP contribution < -0.4 is 4.74 Å². The van der Waals surface area contributed by atoms with Gasteiger partial charge in [-0.2, -0.15) is 0 Å². The molecule has 0 spiro atoms. The van der Waals surface area contributed by atoms with E-state index in [0.717, 1.165) is 30.7 Å². The van der Waals surface area contributed by atoms with Gasteiger partial charge in [-0.25, -0.2) is 0 Å². The van der Waals surface area contributed by atoms with Gasteiger partial charge in [-0.3, -0.25) is 4.79 Å². The molecule has 0 aromatic heterocycles. The van der Waals surface area contributed by atoms with Crippen LogP contribution in [0.15, 0.2) is 36.4 Å². The summed E-state index contributed by atoms with van der Waals surface area (Å²) >= 11 is 0. The second-order valence-corrected chi connectivity index (χ2v) is 6.27. The summed E-state index contributed by atoms with van der Waals surface area (Å²) in [5.41, 5.74) is 0.822. The summed E-state index contributed by atoms with van der Waals surface area (Å²) in [4.78, 5) is 14.5. The zero-order valence-corrected chi connectivity index (χ0v) is 13.8. The molecule has 2 rings (SSSR count). The van der Waals surface area contributed by atoms with E-state index in [2.05, 4.69) is 11.0 Å². The highest BCUT2D eigenvalue weighted by molar-refractivity contribution is 5.97. The number of rotatable bonds is 7. The second kappa shape index (κ2) is 8.74. The van der Waals surface area contributed by atoms with Gasteiger partial charge in [0.1, 0.15) is 12.4 Å². The van der Waals surface area contributed by atoms with E-state index >= 15 is 0 Å². The number of carbonyl (C=O) groups is 1. The van der Waals surface area contributed by atoms with Crippen molar-refractivity contribution in [3.63, 3.8) is 0 Å². The molecular formula is C19H27NO2. The molecule has 1 aliphatic rings. The molecule has 0 atom stereocenters. The molecule has 0 unspecified atom stereocenters. The van der Waals surface area contributed by atoms with Gasteiger partial charge in [-0.15, -0.1) is 0 Å². The molecule has 120 valence electrons. The van der Waals surface area contributed by atoms with Gasteiger partial charge in [0.05, 0.1) is 0 Å². The number of hydrogen-bond acceptors (Lipinski definition) is 3. The Morgan fingerprint density at radius 3 is 2.45 bits per heavy atom. The Kier molecular flexibility index (Phi) is 6.66. The highest BCUT2D eigenvalue weighted by Crippen LogP contribution is 2.27. The van der Waals surface area contributed by atoms with Crippen molar-refractivity contribution in [2.24, 2.45) is 5.92 Å². The van der Waals surface area contributed by atoms with Crippen LogP contribution in [0.5, 0.6) is 5.75 Å². The van der Waals surface area contributed by atoms with Crippen molar-refractivity contribution in [3.8, 4) is 5.75 Å². The van der Waals surface area contributed by atoms with E-state index < -0.39 is 0 Å². The maximum Gasteiger partial charge on any atom is 0.165 e. The number of carbonyl (C=O) groups excluding carboxylic acids is 1. The Bertz CT molecular complexity index is 485. The fraction of sp³-hybridized carbons (Fsp3) is 0.526. The van der Waals surface area contributed by atoms with Crippen LogP contribution in [0.4, 0.5) is 0 Å². The van der Waals surface area contributed by atoms with Crippen LogP contribution in [-0.4, -0.2) is 37.9 Å². The van der Waals surface area contributed by atoms with Crippen LogP contribution in [0.1, 0.15) is 42.5 Å². The van der Waals surface area contributed by atoms with Crippen LogP contribution >= 0.6 is 0 Å². The highest BCUT2D eigenvalue weighted by atomic mass is 16.5. The topological polar surface area (TPSA) is 29.5 Å². The van der Waals surface area contributed by atoms with Crippen molar-refractivity contribution < 1.29 is 9.53 Å². The lowest BCUT2D eigenvalue weighted by atomic mass is 9.84. The fourth-order valence-electron chi connectivity index (χ4n) is 2.81. The van der Waals surface area contributed by atoms with E-state index in [0.29, 0.717) is 12.4 Å². The van der Waals surface area contributed by atoms with E-state index in [4.69, 9.17) is 4.74 Å². The molecule has 1 aromatic rings. The van der Waals surface area contributed by atoms with Crippen molar-refractivity contribution in [1.29, 1.82) is 0 Å². The third kappa shape index (κ3) is 5.30. The zero-order chi connectivity index (χ0) is 15.8. The first-order valence-electron chi connectivity index (χ1n) is 8.23. The number of likely N-dealkylation sites (N-methyl/N-ethyl adjacent to an activating group) is 1. The Labute approximate surface area is 134 Å². The minimum atomic E-state index is 0.231. The van der Waals surface area contributed by atoms with E-state index in [9.17, 15) is 4.79 Å². The number of hydrogen-bond donors (Lipinski definition) is 0. The Hall–Kier alpha value is -1.61. The summed E-state index contributed by atoms with van der Waals surface area (Å²) in [7, 11) is 4.07. The van der Waals surface area contributed by atoms with Gasteiger partial charge in [0.15, 0.2) is 5.78 Å². The SMILES string of the molecule is CN(C)C/C=C/COc1ccc(C(=O)C2CCCCC2)cc1. The van der Waals surface area contributed by atoms with Gasteiger partial charge in [-0.1, -0.05) is 31.4 Å². The third-order valence-corrected chi connectivity index (χ3v) is 4.10. The van der Waals surface area contributed by atoms with Crippen molar-refractivity contribution in [1.82, 2.24) is 4.90 Å². The van der Waals surface area contributed by atoms with Gasteiger partial charge >= 0.3 is 0 Å². The molecule has 1 fully saturated rings. The van der Waals surface area contributed by atoms with Gasteiger partial charge in [0, 0.05) is 18.0 Å². The number of ether oxygens (including phenoxy) is 1. The molecule has 1 aliphatic carbocycles. The number of benzene rings is 1. The Morgan fingerprint density at radius 2 is 1.82 bits per heavy atom. The Morgan fingerprint density at radius 1 is 1.14 bits per heavy atom. The first-order chi connectivity index (χ1) is 10.7. The molecule has 0 N–H and O–H groups in total. The van der Waals surface area contributed by atoms with E-state index in [-0.39, 0.29) is 5.92 Å². The summed E-state index contributed by atoms with van der Waals surface area (Å²) in [6, 6.07) is 7.59. The lowest BCUT2D eigenvalue weighted by Gasteiger charge is -2.20. The minimum absolute atomic E-state index is 0.231. The van der Waals surface area contributed by atoms with Crippen molar-refractivity contribution in [3.05, 3.63) is 42.0 Å². The molecule has 1 aromatic carbocycles. The molecule has 3 nitrogen and oxygen atoms in total. The number of nitrogens with zero attached hydrogens (tertiary/aromatic N) is 1. The molecule has 0 aliphatic heterocycles. The average molecular weight is 301 g/mol. The van der Waals surface area contributed by atoms with Crippen molar-refractivity contribution in [2.45, 2.75) is 32.1 Å². The van der Waals surface area contributed by atoms with Crippen LogP contribution in [0, 0.1) is 5.92 Å². The highest BCUT2D eigenvalue weighted by Gasteiger charge is 2.22. The molecule has 22 heavy (non-hydrogen) atoms. The minimum Gasteiger partial charge on any atom is -0.490 e. The second-order valence-electron chi connectivity index (χ2n) is 6.27. The van der Waals surface area contributed by atoms with E-state index in [1.165, 1.54) is 19.3 Å². The Balaban J connectivity index is 1.82. The molecule has 3 heteroatoms. The first-order valence-corrected chi connectivity index (χ1v) is 8.23. The molecule has 0 heterocycles. The smallest absolute Gasteiger partial charge is 0.165 e. The lowest BCUT2D eigenvalue weighted by molar-refractivity contribution is 0.0889. The predicted molar refractivity (Wildman–Crippen MR) is 90.5 cm³/mol. The summed E-state index contributed by atoms with van der Waals surface area (Å²) < 4.78 is 5.65.